The highest BCUT2D eigenvalue weighted by Gasteiger charge is 2.31. The summed E-state index contributed by atoms with van der Waals surface area (Å²) in [5.74, 6) is -0.236. The van der Waals surface area contributed by atoms with Gasteiger partial charge in [-0.25, -0.2) is 0 Å². The van der Waals surface area contributed by atoms with Gasteiger partial charge in [-0.15, -0.1) is 24.5 Å². The molecule has 0 bridgehead atoms. The van der Waals surface area contributed by atoms with Gasteiger partial charge in [0, 0.05) is 22.8 Å². The Labute approximate surface area is 133 Å². The second-order valence-electron chi connectivity index (χ2n) is 4.43. The fourth-order valence-corrected chi connectivity index (χ4v) is 3.14. The molecular formula is C14H13BrF3NOS. The minimum absolute atomic E-state index is 0.236. The molecule has 0 aliphatic carbocycles. The fraction of sp³-hybridized carbons (Fsp3) is 0.286. The Bertz CT molecular complexity index is 613. The quantitative estimate of drug-likeness (QED) is 0.788. The van der Waals surface area contributed by atoms with Gasteiger partial charge in [0.05, 0.1) is 4.47 Å². The van der Waals surface area contributed by atoms with Crippen molar-refractivity contribution in [1.82, 2.24) is 5.32 Å². The van der Waals surface area contributed by atoms with Crippen LogP contribution in [-0.2, 0) is 13.1 Å². The molecule has 0 aliphatic heterocycles. The highest BCUT2D eigenvalue weighted by molar-refractivity contribution is 9.10. The largest absolute Gasteiger partial charge is 0.573 e. The lowest BCUT2D eigenvalue weighted by atomic mass is 10.2. The Morgan fingerprint density at radius 2 is 1.95 bits per heavy atom. The third kappa shape index (κ3) is 5.33. The van der Waals surface area contributed by atoms with Gasteiger partial charge in [-0.05, 0) is 52.7 Å². The van der Waals surface area contributed by atoms with E-state index in [2.05, 4.69) is 38.1 Å². The third-order valence-corrected chi connectivity index (χ3v) is 4.27. The van der Waals surface area contributed by atoms with E-state index in [0.29, 0.717) is 6.54 Å². The maximum absolute atomic E-state index is 12.2. The summed E-state index contributed by atoms with van der Waals surface area (Å²) in [5, 5.41) is 3.25. The average molecular weight is 380 g/mol. The van der Waals surface area contributed by atoms with Crippen molar-refractivity contribution in [3.05, 3.63) is 50.1 Å². The SMILES string of the molecule is Cc1ccc(CNCc2ccc(OC(F)(F)F)c(Br)c2)s1. The predicted molar refractivity (Wildman–Crippen MR) is 80.4 cm³/mol. The van der Waals surface area contributed by atoms with Crippen molar-refractivity contribution in [2.75, 3.05) is 0 Å². The monoisotopic (exact) mass is 379 g/mol. The first-order valence-electron chi connectivity index (χ1n) is 6.14. The number of hydrogen-bond acceptors (Lipinski definition) is 3. The van der Waals surface area contributed by atoms with Crippen molar-refractivity contribution >= 4 is 27.3 Å². The molecule has 0 saturated heterocycles. The van der Waals surface area contributed by atoms with E-state index in [0.717, 1.165) is 12.1 Å². The standard InChI is InChI=1S/C14H13BrF3NOS/c1-9-2-4-11(21-9)8-19-7-10-3-5-13(12(15)6-10)20-14(16,17)18/h2-6,19H,7-8H2,1H3. The lowest BCUT2D eigenvalue weighted by Crippen LogP contribution is -2.17. The van der Waals surface area contributed by atoms with Gasteiger partial charge in [0.1, 0.15) is 5.75 Å². The molecule has 1 aromatic carbocycles. The van der Waals surface area contributed by atoms with Gasteiger partial charge in [-0.1, -0.05) is 6.07 Å². The van der Waals surface area contributed by atoms with Crippen molar-refractivity contribution in [1.29, 1.82) is 0 Å². The Kier molecular flexibility index (Phi) is 5.29. The van der Waals surface area contributed by atoms with Crippen LogP contribution in [0, 0.1) is 6.92 Å². The summed E-state index contributed by atoms with van der Waals surface area (Å²) >= 11 is 4.81. The number of aryl methyl sites for hydroxylation is 1. The summed E-state index contributed by atoms with van der Waals surface area (Å²) in [6, 6.07) is 8.65. The van der Waals surface area contributed by atoms with E-state index in [-0.39, 0.29) is 10.2 Å². The van der Waals surface area contributed by atoms with Crippen LogP contribution in [0.2, 0.25) is 0 Å². The second-order valence-corrected chi connectivity index (χ2v) is 6.66. The first-order valence-corrected chi connectivity index (χ1v) is 7.74. The van der Waals surface area contributed by atoms with Gasteiger partial charge in [0.2, 0.25) is 0 Å². The molecule has 1 heterocycles. The molecule has 0 spiro atoms. The van der Waals surface area contributed by atoms with E-state index in [9.17, 15) is 13.2 Å². The Morgan fingerprint density at radius 3 is 2.52 bits per heavy atom. The molecule has 0 atom stereocenters. The van der Waals surface area contributed by atoms with E-state index in [1.807, 2.05) is 6.92 Å². The number of nitrogens with one attached hydrogen (secondary N) is 1. The predicted octanol–water partition coefficient (Wildman–Crippen LogP) is 5.01. The van der Waals surface area contributed by atoms with Gasteiger partial charge in [-0.2, -0.15) is 0 Å². The van der Waals surface area contributed by atoms with Crippen LogP contribution in [-0.4, -0.2) is 6.36 Å². The smallest absolute Gasteiger partial charge is 0.405 e. The zero-order valence-electron chi connectivity index (χ0n) is 11.1. The Hall–Kier alpha value is -1.05. The van der Waals surface area contributed by atoms with Crippen LogP contribution in [0.4, 0.5) is 13.2 Å². The number of ether oxygens (including phenoxy) is 1. The summed E-state index contributed by atoms with van der Waals surface area (Å²) in [4.78, 5) is 2.48. The molecule has 0 aliphatic rings. The number of hydrogen-bond donors (Lipinski definition) is 1. The first-order chi connectivity index (χ1) is 9.83. The van der Waals surface area contributed by atoms with Gasteiger partial charge in [0.25, 0.3) is 0 Å². The van der Waals surface area contributed by atoms with Crippen LogP contribution < -0.4 is 10.1 Å². The molecule has 2 rings (SSSR count). The number of thiophene rings is 1. The molecule has 2 nitrogen and oxygen atoms in total. The van der Waals surface area contributed by atoms with E-state index in [1.165, 1.54) is 15.8 Å². The molecule has 7 heteroatoms. The minimum Gasteiger partial charge on any atom is -0.405 e. The molecule has 1 N–H and O–H groups in total. The van der Waals surface area contributed by atoms with Crippen molar-refractivity contribution < 1.29 is 17.9 Å². The van der Waals surface area contributed by atoms with Crippen LogP contribution in [0.15, 0.2) is 34.8 Å². The van der Waals surface area contributed by atoms with Crippen molar-refractivity contribution in [3.63, 3.8) is 0 Å². The number of rotatable bonds is 5. The number of halogens is 4. The Morgan fingerprint density at radius 1 is 1.19 bits per heavy atom. The van der Waals surface area contributed by atoms with E-state index >= 15 is 0 Å². The van der Waals surface area contributed by atoms with Crippen LogP contribution in [0.25, 0.3) is 0 Å². The lowest BCUT2D eigenvalue weighted by Gasteiger charge is -2.11. The topological polar surface area (TPSA) is 21.3 Å². The van der Waals surface area contributed by atoms with E-state index < -0.39 is 6.36 Å². The van der Waals surface area contributed by atoms with Gasteiger partial charge in [0.15, 0.2) is 0 Å². The fourth-order valence-electron chi connectivity index (χ4n) is 1.77. The summed E-state index contributed by atoms with van der Waals surface area (Å²) in [5.41, 5.74) is 0.879. The highest BCUT2D eigenvalue weighted by Crippen LogP contribution is 2.31. The maximum atomic E-state index is 12.2. The molecule has 2 aromatic rings. The molecule has 0 radical (unpaired) electrons. The van der Waals surface area contributed by atoms with Crippen LogP contribution in [0.3, 0.4) is 0 Å². The zero-order chi connectivity index (χ0) is 15.5. The average Bonchev–Trinajstić information content (AvgIpc) is 2.77. The molecule has 114 valence electrons. The van der Waals surface area contributed by atoms with Gasteiger partial charge < -0.3 is 10.1 Å². The van der Waals surface area contributed by atoms with Crippen LogP contribution in [0.1, 0.15) is 15.3 Å². The van der Waals surface area contributed by atoms with Gasteiger partial charge in [-0.3, -0.25) is 0 Å². The molecular weight excluding hydrogens is 367 g/mol. The van der Waals surface area contributed by atoms with Crippen LogP contribution in [0.5, 0.6) is 5.75 Å². The minimum atomic E-state index is -4.68. The summed E-state index contributed by atoms with van der Waals surface area (Å²) < 4.78 is 40.7. The highest BCUT2D eigenvalue weighted by atomic mass is 79.9. The molecule has 0 amide bonds. The summed E-state index contributed by atoms with van der Waals surface area (Å²) in [6.07, 6.45) is -4.68. The van der Waals surface area contributed by atoms with Gasteiger partial charge >= 0.3 is 6.36 Å². The molecule has 0 fully saturated rings. The van der Waals surface area contributed by atoms with E-state index in [1.54, 1.807) is 23.5 Å². The normalized spacial score (nSPS) is 11.7. The summed E-state index contributed by atoms with van der Waals surface area (Å²) in [6.45, 7) is 3.35. The number of benzene rings is 1. The zero-order valence-corrected chi connectivity index (χ0v) is 13.5. The first kappa shape index (κ1) is 16.3. The lowest BCUT2D eigenvalue weighted by molar-refractivity contribution is -0.274. The molecule has 0 saturated carbocycles. The molecule has 1 aromatic heterocycles. The van der Waals surface area contributed by atoms with E-state index in [4.69, 9.17) is 0 Å². The second kappa shape index (κ2) is 6.81. The van der Waals surface area contributed by atoms with Crippen molar-refractivity contribution in [2.45, 2.75) is 26.4 Å². The molecule has 21 heavy (non-hydrogen) atoms. The summed E-state index contributed by atoms with van der Waals surface area (Å²) in [7, 11) is 0. The van der Waals surface area contributed by atoms with Crippen molar-refractivity contribution in [2.24, 2.45) is 0 Å². The van der Waals surface area contributed by atoms with Crippen LogP contribution >= 0.6 is 27.3 Å². The maximum Gasteiger partial charge on any atom is 0.573 e. The number of alkyl halides is 3. The Balaban J connectivity index is 1.91. The third-order valence-electron chi connectivity index (χ3n) is 2.65. The van der Waals surface area contributed by atoms with Crippen molar-refractivity contribution in [3.8, 4) is 5.75 Å². The molecule has 0 unspecified atom stereocenters.